The molecule has 1 rings (SSSR count). The Morgan fingerprint density at radius 1 is 1.21 bits per heavy atom. The minimum Gasteiger partial charge on any atom is -0.481 e. The van der Waals surface area contributed by atoms with Crippen LogP contribution in [-0.2, 0) is 26.9 Å². The van der Waals surface area contributed by atoms with E-state index in [1.54, 1.807) is 20.8 Å². The summed E-state index contributed by atoms with van der Waals surface area (Å²) in [6.45, 7) is 4.65. The number of hydrogen-bond donors (Lipinski definition) is 2. The molecule has 0 aliphatic rings. The molecule has 0 fully saturated rings. The Balaban J connectivity index is 3.05. The number of aliphatic carboxylic acids is 1. The van der Waals surface area contributed by atoms with E-state index in [4.69, 9.17) is 10.5 Å². The Kier molecular flexibility index (Phi) is 5.99. The van der Waals surface area contributed by atoms with Crippen molar-refractivity contribution in [2.45, 2.75) is 45.0 Å². The molecule has 1 aromatic carbocycles. The van der Waals surface area contributed by atoms with Crippen molar-refractivity contribution in [2.24, 2.45) is 11.7 Å². The highest BCUT2D eigenvalue weighted by Gasteiger charge is 2.38. The molecule has 1 aromatic rings. The van der Waals surface area contributed by atoms with E-state index >= 15 is 0 Å². The third-order valence-electron chi connectivity index (χ3n) is 3.13. The molecule has 0 aliphatic carbocycles. The number of carboxylic acids is 1. The van der Waals surface area contributed by atoms with Crippen LogP contribution in [0.1, 0.15) is 31.9 Å². The number of nitrogens with two attached hydrogens (primary N) is 1. The Bertz CT molecular complexity index is 608. The number of benzene rings is 1. The van der Waals surface area contributed by atoms with Gasteiger partial charge in [-0.25, -0.2) is 0 Å². The molecule has 3 N–H and O–H groups in total. The lowest BCUT2D eigenvalue weighted by molar-refractivity contribution is -0.167. The first-order chi connectivity index (χ1) is 10.8. The number of ether oxygens (including phenoxy) is 1. The molecular weight excluding hydrogens is 327 g/mol. The van der Waals surface area contributed by atoms with Crippen molar-refractivity contribution in [1.82, 2.24) is 0 Å². The highest BCUT2D eigenvalue weighted by molar-refractivity contribution is 5.95. The van der Waals surface area contributed by atoms with Gasteiger partial charge in [-0.3, -0.25) is 9.59 Å². The summed E-state index contributed by atoms with van der Waals surface area (Å²) in [5, 5.41) is 9.22. The first-order valence-corrected chi connectivity index (χ1v) is 7.19. The Hall–Kier alpha value is -2.09. The van der Waals surface area contributed by atoms with Gasteiger partial charge in [0, 0.05) is 6.04 Å². The van der Waals surface area contributed by atoms with Crippen LogP contribution in [0.25, 0.3) is 0 Å². The van der Waals surface area contributed by atoms with E-state index in [2.05, 4.69) is 0 Å². The zero-order valence-electron chi connectivity index (χ0n) is 13.6. The van der Waals surface area contributed by atoms with E-state index in [9.17, 15) is 27.9 Å². The molecule has 0 heterocycles. The Morgan fingerprint density at radius 3 is 2.21 bits per heavy atom. The van der Waals surface area contributed by atoms with Gasteiger partial charge in [0.1, 0.15) is 5.60 Å². The van der Waals surface area contributed by atoms with Crippen molar-refractivity contribution >= 4 is 11.9 Å². The molecular formula is C16H20F3NO4. The topological polar surface area (TPSA) is 89.6 Å². The SMILES string of the molecule is CC(C)(C)OC(=O)[C@@H](C(=O)O)[C@@H](N)Cc1ccccc1C(F)(F)F. The zero-order chi connectivity index (χ0) is 18.7. The van der Waals surface area contributed by atoms with Gasteiger partial charge in [0.15, 0.2) is 5.92 Å². The molecule has 24 heavy (non-hydrogen) atoms. The van der Waals surface area contributed by atoms with Crippen LogP contribution >= 0.6 is 0 Å². The van der Waals surface area contributed by atoms with Crippen molar-refractivity contribution in [3.63, 3.8) is 0 Å². The highest BCUT2D eigenvalue weighted by atomic mass is 19.4. The number of carboxylic acid groups (broad SMARTS) is 1. The second kappa shape index (κ2) is 7.21. The summed E-state index contributed by atoms with van der Waals surface area (Å²) in [6.07, 6.45) is -5.02. The van der Waals surface area contributed by atoms with E-state index in [1.165, 1.54) is 18.2 Å². The maximum atomic E-state index is 13.0. The number of carbonyl (C=O) groups is 2. The number of carbonyl (C=O) groups excluding carboxylic acids is 1. The first-order valence-electron chi connectivity index (χ1n) is 7.19. The molecule has 0 amide bonds. The summed E-state index contributed by atoms with van der Waals surface area (Å²) in [5.74, 6) is -4.38. The molecule has 0 spiro atoms. The van der Waals surface area contributed by atoms with Crippen LogP contribution in [0.3, 0.4) is 0 Å². The lowest BCUT2D eigenvalue weighted by Crippen LogP contribution is -2.45. The average molecular weight is 347 g/mol. The number of halogens is 3. The summed E-state index contributed by atoms with van der Waals surface area (Å²) in [5.41, 5.74) is 3.72. The monoisotopic (exact) mass is 347 g/mol. The van der Waals surface area contributed by atoms with Crippen LogP contribution < -0.4 is 5.73 Å². The molecule has 0 saturated heterocycles. The molecule has 0 aliphatic heterocycles. The molecule has 134 valence electrons. The smallest absolute Gasteiger partial charge is 0.416 e. The quantitative estimate of drug-likeness (QED) is 0.631. The zero-order valence-corrected chi connectivity index (χ0v) is 13.6. The largest absolute Gasteiger partial charge is 0.481 e. The third kappa shape index (κ3) is 5.52. The minimum absolute atomic E-state index is 0.174. The number of hydrogen-bond acceptors (Lipinski definition) is 4. The van der Waals surface area contributed by atoms with Gasteiger partial charge in [0.25, 0.3) is 0 Å². The molecule has 2 atom stereocenters. The van der Waals surface area contributed by atoms with Crippen LogP contribution in [0.15, 0.2) is 24.3 Å². The Labute approximate surface area is 137 Å². The molecule has 5 nitrogen and oxygen atoms in total. The van der Waals surface area contributed by atoms with E-state index in [1.807, 2.05) is 0 Å². The maximum absolute atomic E-state index is 13.0. The summed E-state index contributed by atoms with van der Waals surface area (Å²) in [6, 6.07) is 3.34. The van der Waals surface area contributed by atoms with Gasteiger partial charge in [0.05, 0.1) is 5.56 Å². The van der Waals surface area contributed by atoms with E-state index in [-0.39, 0.29) is 5.56 Å². The van der Waals surface area contributed by atoms with Crippen molar-refractivity contribution in [3.8, 4) is 0 Å². The highest BCUT2D eigenvalue weighted by Crippen LogP contribution is 2.32. The van der Waals surface area contributed by atoms with Crippen molar-refractivity contribution < 1.29 is 32.6 Å². The molecule has 0 unspecified atom stereocenters. The summed E-state index contributed by atoms with van der Waals surface area (Å²) in [4.78, 5) is 23.3. The van der Waals surface area contributed by atoms with E-state index in [0.717, 1.165) is 6.07 Å². The normalized spacial score (nSPS) is 14.8. The van der Waals surface area contributed by atoms with E-state index < -0.39 is 47.7 Å². The van der Waals surface area contributed by atoms with Gasteiger partial charge >= 0.3 is 18.1 Å². The predicted octanol–water partition coefficient (Wildman–Crippen LogP) is 2.62. The summed E-state index contributed by atoms with van der Waals surface area (Å²) < 4.78 is 44.0. The lowest BCUT2D eigenvalue weighted by Gasteiger charge is -2.25. The molecule has 0 bridgehead atoms. The number of rotatable bonds is 5. The maximum Gasteiger partial charge on any atom is 0.416 e. The van der Waals surface area contributed by atoms with Crippen LogP contribution in [0.4, 0.5) is 13.2 Å². The second-order valence-electron chi connectivity index (χ2n) is 6.37. The van der Waals surface area contributed by atoms with Gasteiger partial charge < -0.3 is 15.6 Å². The first kappa shape index (κ1) is 20.0. The minimum atomic E-state index is -4.60. The van der Waals surface area contributed by atoms with Gasteiger partial charge in [-0.05, 0) is 38.8 Å². The van der Waals surface area contributed by atoms with E-state index in [0.29, 0.717) is 0 Å². The van der Waals surface area contributed by atoms with Gasteiger partial charge in [-0.1, -0.05) is 18.2 Å². The van der Waals surface area contributed by atoms with Crippen molar-refractivity contribution in [2.75, 3.05) is 0 Å². The number of alkyl halides is 3. The van der Waals surface area contributed by atoms with Crippen LogP contribution in [-0.4, -0.2) is 28.7 Å². The lowest BCUT2D eigenvalue weighted by atomic mass is 9.91. The summed E-state index contributed by atoms with van der Waals surface area (Å²) in [7, 11) is 0. The molecule has 0 radical (unpaired) electrons. The standard InChI is InChI=1S/C16H20F3NO4/c1-15(2,3)24-14(23)12(13(21)22)11(20)8-9-6-4-5-7-10(9)16(17,18)19/h4-7,11-12H,8,20H2,1-3H3,(H,21,22)/t11-,12+/m0/s1. The molecule has 8 heteroatoms. The van der Waals surface area contributed by atoms with Gasteiger partial charge in [-0.2, -0.15) is 13.2 Å². The van der Waals surface area contributed by atoms with Gasteiger partial charge in [-0.15, -0.1) is 0 Å². The van der Waals surface area contributed by atoms with Crippen LogP contribution in [0, 0.1) is 5.92 Å². The average Bonchev–Trinajstić information content (AvgIpc) is 2.35. The second-order valence-corrected chi connectivity index (χ2v) is 6.37. The molecule has 0 saturated carbocycles. The predicted molar refractivity (Wildman–Crippen MR) is 80.1 cm³/mol. The fourth-order valence-electron chi connectivity index (χ4n) is 2.17. The Morgan fingerprint density at radius 2 is 1.75 bits per heavy atom. The fraction of sp³-hybridized carbons (Fsp3) is 0.500. The number of esters is 1. The van der Waals surface area contributed by atoms with Gasteiger partial charge in [0.2, 0.25) is 0 Å². The van der Waals surface area contributed by atoms with Crippen LogP contribution in [0.5, 0.6) is 0 Å². The molecule has 0 aromatic heterocycles. The van der Waals surface area contributed by atoms with Crippen molar-refractivity contribution in [1.29, 1.82) is 0 Å². The fourth-order valence-corrected chi connectivity index (χ4v) is 2.17. The summed E-state index contributed by atoms with van der Waals surface area (Å²) >= 11 is 0. The van der Waals surface area contributed by atoms with Crippen molar-refractivity contribution in [3.05, 3.63) is 35.4 Å². The third-order valence-corrected chi connectivity index (χ3v) is 3.13. The van der Waals surface area contributed by atoms with Crippen LogP contribution in [0.2, 0.25) is 0 Å².